The highest BCUT2D eigenvalue weighted by Gasteiger charge is 2.24. The van der Waals surface area contributed by atoms with E-state index >= 15 is 0 Å². The van der Waals surface area contributed by atoms with Gasteiger partial charge >= 0.3 is 0 Å². The second-order valence-corrected chi connectivity index (χ2v) is 5.11. The molecule has 18 heavy (non-hydrogen) atoms. The molecule has 0 saturated heterocycles. The molecule has 0 radical (unpaired) electrons. The Morgan fingerprint density at radius 3 is 2.28 bits per heavy atom. The maximum Gasteiger partial charge on any atom is 0.246 e. The average molecular weight is 277 g/mol. The first-order valence-electron chi connectivity index (χ1n) is 4.96. The summed E-state index contributed by atoms with van der Waals surface area (Å²) in [5.41, 5.74) is 0. The zero-order chi connectivity index (χ0) is 13.8. The fourth-order valence-corrected chi connectivity index (χ4v) is 2.44. The van der Waals surface area contributed by atoms with Crippen LogP contribution in [0.3, 0.4) is 0 Å². The van der Waals surface area contributed by atoms with Gasteiger partial charge in [0.05, 0.1) is 0 Å². The van der Waals surface area contributed by atoms with E-state index in [1.807, 2.05) is 4.72 Å². The van der Waals surface area contributed by atoms with E-state index in [1.165, 1.54) is 0 Å². The van der Waals surface area contributed by atoms with Crippen LogP contribution in [0.1, 0.15) is 12.8 Å². The average Bonchev–Trinajstić information content (AvgIpc) is 2.22. The summed E-state index contributed by atoms with van der Waals surface area (Å²) in [5, 5.41) is 0. The van der Waals surface area contributed by atoms with Crippen molar-refractivity contribution in [2.24, 2.45) is 0 Å². The van der Waals surface area contributed by atoms with Crippen LogP contribution in [0.5, 0.6) is 0 Å². The molecular formula is C11H10F3NO2S. The van der Waals surface area contributed by atoms with Gasteiger partial charge < -0.3 is 0 Å². The van der Waals surface area contributed by atoms with Crippen molar-refractivity contribution in [2.75, 3.05) is 6.54 Å². The second-order valence-electron chi connectivity index (χ2n) is 3.40. The van der Waals surface area contributed by atoms with Gasteiger partial charge in [-0.15, -0.1) is 12.3 Å². The fourth-order valence-electron chi connectivity index (χ4n) is 1.25. The van der Waals surface area contributed by atoms with Crippen molar-refractivity contribution < 1.29 is 21.6 Å². The van der Waals surface area contributed by atoms with Gasteiger partial charge in [-0.3, -0.25) is 0 Å². The lowest BCUT2D eigenvalue weighted by Gasteiger charge is -2.08. The first kappa shape index (κ1) is 14.5. The largest absolute Gasteiger partial charge is 0.246 e. The molecule has 0 aliphatic rings. The molecule has 1 rings (SSSR count). The first-order chi connectivity index (χ1) is 8.38. The summed E-state index contributed by atoms with van der Waals surface area (Å²) >= 11 is 0. The molecule has 1 aromatic rings. The minimum absolute atomic E-state index is 0.0528. The molecule has 0 saturated carbocycles. The first-order valence-corrected chi connectivity index (χ1v) is 6.44. The van der Waals surface area contributed by atoms with Gasteiger partial charge in [-0.1, -0.05) is 0 Å². The van der Waals surface area contributed by atoms with E-state index in [9.17, 15) is 21.6 Å². The number of hydrogen-bond donors (Lipinski definition) is 1. The third kappa shape index (κ3) is 3.48. The maximum atomic E-state index is 13.3. The van der Waals surface area contributed by atoms with Gasteiger partial charge in [0.25, 0.3) is 0 Å². The van der Waals surface area contributed by atoms with Crippen LogP contribution in [-0.2, 0) is 10.0 Å². The van der Waals surface area contributed by atoms with E-state index in [4.69, 9.17) is 6.42 Å². The number of terminal acetylenes is 1. The molecule has 3 nitrogen and oxygen atoms in total. The number of hydrogen-bond acceptors (Lipinski definition) is 2. The monoisotopic (exact) mass is 277 g/mol. The van der Waals surface area contributed by atoms with Gasteiger partial charge in [0.15, 0.2) is 4.90 Å². The lowest BCUT2D eigenvalue weighted by molar-refractivity contribution is 0.493. The summed E-state index contributed by atoms with van der Waals surface area (Å²) in [4.78, 5) is -1.19. The van der Waals surface area contributed by atoms with E-state index in [0.717, 1.165) is 0 Å². The third-order valence-electron chi connectivity index (χ3n) is 2.02. The molecule has 0 unspecified atom stereocenters. The van der Waals surface area contributed by atoms with Crippen molar-refractivity contribution in [2.45, 2.75) is 17.7 Å². The molecule has 0 bridgehead atoms. The van der Waals surface area contributed by atoms with Crippen LogP contribution in [0.4, 0.5) is 13.2 Å². The van der Waals surface area contributed by atoms with Crippen molar-refractivity contribution in [3.63, 3.8) is 0 Å². The molecular weight excluding hydrogens is 267 g/mol. The zero-order valence-electron chi connectivity index (χ0n) is 9.21. The molecule has 0 amide bonds. The van der Waals surface area contributed by atoms with Crippen LogP contribution in [0, 0.1) is 29.8 Å². The van der Waals surface area contributed by atoms with Crippen molar-refractivity contribution in [1.82, 2.24) is 4.72 Å². The second kappa shape index (κ2) is 5.89. The molecule has 98 valence electrons. The number of nitrogens with one attached hydrogen (secondary N) is 1. The van der Waals surface area contributed by atoms with Crippen molar-refractivity contribution in [3.8, 4) is 12.3 Å². The van der Waals surface area contributed by atoms with Crippen LogP contribution in [0.25, 0.3) is 0 Å². The maximum absolute atomic E-state index is 13.3. The van der Waals surface area contributed by atoms with Crippen LogP contribution in [0.15, 0.2) is 17.0 Å². The topological polar surface area (TPSA) is 46.2 Å². The van der Waals surface area contributed by atoms with E-state index in [1.54, 1.807) is 0 Å². The Balaban J connectivity index is 2.96. The Morgan fingerprint density at radius 2 is 1.78 bits per heavy atom. The number of rotatable bonds is 5. The van der Waals surface area contributed by atoms with Gasteiger partial charge in [-0.2, -0.15) is 0 Å². The summed E-state index contributed by atoms with van der Waals surface area (Å²) in [6.45, 7) is -0.0528. The summed E-state index contributed by atoms with van der Waals surface area (Å²) in [6.07, 6.45) is 5.63. The number of halogens is 3. The van der Waals surface area contributed by atoms with Crippen molar-refractivity contribution >= 4 is 10.0 Å². The molecule has 0 aliphatic heterocycles. The predicted molar refractivity (Wildman–Crippen MR) is 59.6 cm³/mol. The van der Waals surface area contributed by atoms with Gasteiger partial charge in [-0.05, 0) is 6.42 Å². The Labute approximate surface area is 103 Å². The van der Waals surface area contributed by atoms with Gasteiger partial charge in [0.2, 0.25) is 10.0 Å². The Hall–Kier alpha value is -1.52. The predicted octanol–water partition coefficient (Wildman–Crippen LogP) is 1.80. The molecule has 1 N–H and O–H groups in total. The highest BCUT2D eigenvalue weighted by atomic mass is 32.2. The fraction of sp³-hybridized carbons (Fsp3) is 0.273. The summed E-state index contributed by atoms with van der Waals surface area (Å²) in [6, 6.07) is 0.609. The molecule has 7 heteroatoms. The quantitative estimate of drug-likeness (QED) is 0.659. The number of unbranched alkanes of at least 4 members (excludes halogenated alkanes) is 1. The molecule has 0 fully saturated rings. The van der Waals surface area contributed by atoms with E-state index in [2.05, 4.69) is 5.92 Å². The van der Waals surface area contributed by atoms with Gasteiger partial charge in [-0.25, -0.2) is 26.3 Å². The van der Waals surface area contributed by atoms with Crippen molar-refractivity contribution in [3.05, 3.63) is 29.6 Å². The molecule has 0 aliphatic carbocycles. The third-order valence-corrected chi connectivity index (χ3v) is 3.53. The van der Waals surface area contributed by atoms with E-state index in [0.29, 0.717) is 25.0 Å². The molecule has 0 heterocycles. The minimum atomic E-state index is -4.35. The minimum Gasteiger partial charge on any atom is -0.211 e. The van der Waals surface area contributed by atoms with Crippen LogP contribution < -0.4 is 4.72 Å². The molecule has 0 spiro atoms. The standard InChI is InChI=1S/C11H10F3NO2S/c1-2-3-4-5-15-18(16,17)11-9(13)6-8(12)7-10(11)14/h1,6-7,15H,3-5H2. The van der Waals surface area contributed by atoms with Crippen LogP contribution in [-0.4, -0.2) is 15.0 Å². The molecule has 0 aromatic heterocycles. The Kier molecular flexibility index (Phi) is 4.76. The lowest BCUT2D eigenvalue weighted by atomic mass is 10.3. The summed E-state index contributed by atoms with van der Waals surface area (Å²) in [5.74, 6) is -1.84. The zero-order valence-corrected chi connectivity index (χ0v) is 10.0. The molecule has 1 aromatic carbocycles. The molecule has 0 atom stereocenters. The Morgan fingerprint density at radius 1 is 1.22 bits per heavy atom. The normalized spacial score (nSPS) is 11.2. The van der Waals surface area contributed by atoms with Crippen LogP contribution in [0.2, 0.25) is 0 Å². The highest BCUT2D eigenvalue weighted by Crippen LogP contribution is 2.19. The number of benzene rings is 1. The van der Waals surface area contributed by atoms with E-state index in [-0.39, 0.29) is 6.54 Å². The van der Waals surface area contributed by atoms with E-state index < -0.39 is 32.4 Å². The highest BCUT2D eigenvalue weighted by molar-refractivity contribution is 7.89. The number of sulfonamides is 1. The van der Waals surface area contributed by atoms with Gasteiger partial charge in [0, 0.05) is 25.1 Å². The SMILES string of the molecule is C#CCCCNS(=O)(=O)c1c(F)cc(F)cc1F. The smallest absolute Gasteiger partial charge is 0.211 e. The van der Waals surface area contributed by atoms with Crippen LogP contribution >= 0.6 is 0 Å². The summed E-state index contributed by atoms with van der Waals surface area (Å²) in [7, 11) is -4.35. The summed E-state index contributed by atoms with van der Waals surface area (Å²) < 4.78 is 64.3. The lowest BCUT2D eigenvalue weighted by Crippen LogP contribution is -2.26. The van der Waals surface area contributed by atoms with Crippen molar-refractivity contribution in [1.29, 1.82) is 0 Å². The van der Waals surface area contributed by atoms with Gasteiger partial charge in [0.1, 0.15) is 17.5 Å². The Bertz CT molecular complexity index is 555.